The number of furan rings is 2. The van der Waals surface area contributed by atoms with Crippen molar-refractivity contribution in [2.24, 2.45) is 0 Å². The Morgan fingerprint density at radius 2 is 0.864 bits per heavy atom. The maximum Gasteiger partial charge on any atom is 0.159 e. The van der Waals surface area contributed by atoms with Crippen LogP contribution in [0.4, 0.5) is 34.1 Å². The van der Waals surface area contributed by atoms with Gasteiger partial charge in [0, 0.05) is 60.5 Å². The van der Waals surface area contributed by atoms with Crippen LogP contribution in [-0.4, -0.2) is 0 Å². The number of anilines is 6. The Labute approximate surface area is 338 Å². The molecule has 1 aliphatic heterocycles. The second-order valence-electron chi connectivity index (χ2n) is 15.2. The fourth-order valence-corrected chi connectivity index (χ4v) is 9.44. The molecule has 5 heteroatoms. The highest BCUT2D eigenvalue weighted by Gasteiger charge is 2.27. The van der Waals surface area contributed by atoms with Crippen LogP contribution >= 0.6 is 0 Å². The maximum atomic E-state index is 7.05. The van der Waals surface area contributed by atoms with Crippen LogP contribution in [0.15, 0.2) is 203 Å². The summed E-state index contributed by atoms with van der Waals surface area (Å²) in [6.45, 7) is 0. The molecule has 0 bridgehead atoms. The topological polar surface area (TPSA) is 42.0 Å². The molecule has 59 heavy (non-hydrogen) atoms. The van der Waals surface area contributed by atoms with Crippen molar-refractivity contribution in [1.82, 2.24) is 0 Å². The number of nitrogens with zero attached hydrogens (tertiary/aromatic N) is 2. The molecule has 276 valence electrons. The monoisotopic (exact) mass is 756 g/mol. The van der Waals surface area contributed by atoms with Crippen LogP contribution in [0.3, 0.4) is 0 Å². The summed E-state index contributed by atoms with van der Waals surface area (Å²) in [5.74, 6) is 1.65. The van der Waals surface area contributed by atoms with E-state index in [1.165, 1.54) is 10.8 Å². The molecule has 0 saturated carbocycles. The van der Waals surface area contributed by atoms with E-state index in [0.717, 1.165) is 111 Å². The van der Waals surface area contributed by atoms with Crippen LogP contribution in [-0.2, 0) is 0 Å². The van der Waals surface area contributed by atoms with Crippen molar-refractivity contribution in [3.05, 3.63) is 194 Å². The highest BCUT2D eigenvalue weighted by Crippen LogP contribution is 2.53. The first-order valence-electron chi connectivity index (χ1n) is 19.9. The zero-order chi connectivity index (χ0) is 38.6. The molecule has 13 rings (SSSR count). The van der Waals surface area contributed by atoms with Gasteiger partial charge in [0.2, 0.25) is 0 Å². The predicted molar refractivity (Wildman–Crippen MR) is 243 cm³/mol. The first-order valence-corrected chi connectivity index (χ1v) is 19.9. The van der Waals surface area contributed by atoms with Crippen LogP contribution in [0.2, 0.25) is 0 Å². The molecule has 0 radical (unpaired) electrons. The number of benzene rings is 10. The third-order valence-corrected chi connectivity index (χ3v) is 12.0. The van der Waals surface area contributed by atoms with Crippen molar-refractivity contribution >= 4 is 110 Å². The van der Waals surface area contributed by atoms with E-state index in [2.05, 4.69) is 180 Å². The van der Waals surface area contributed by atoms with Gasteiger partial charge < -0.3 is 23.4 Å². The quantitative estimate of drug-likeness (QED) is 0.158. The molecule has 10 aromatic carbocycles. The maximum absolute atomic E-state index is 7.05. The van der Waals surface area contributed by atoms with Crippen molar-refractivity contribution in [2.75, 3.05) is 9.80 Å². The average Bonchev–Trinajstić information content (AvgIpc) is 3.87. The molecule has 5 nitrogen and oxygen atoms in total. The lowest BCUT2D eigenvalue weighted by Crippen LogP contribution is -2.12. The molecule has 0 spiro atoms. The standard InChI is InChI=1S/C54H32N2O3/c1-3-13-35(14-4-1)55(44-21-11-19-40-38-17-7-9-23-46(38)58-53(40)44)37-31-34-26-25-33-27-28-42-43(29-30-48-52(42)51(33)50(34)49(32-37)57-48)56(36-15-5-2-6-16-36)45-22-12-20-41-39-18-8-10-24-47(39)59-54(41)45/h1-32H. The van der Waals surface area contributed by atoms with E-state index in [4.69, 9.17) is 13.6 Å². The van der Waals surface area contributed by atoms with Crippen LogP contribution in [0.25, 0.3) is 76.2 Å². The third kappa shape index (κ3) is 4.67. The average molecular weight is 757 g/mol. The van der Waals surface area contributed by atoms with Gasteiger partial charge in [-0.25, -0.2) is 0 Å². The fourth-order valence-electron chi connectivity index (χ4n) is 9.44. The Morgan fingerprint density at radius 3 is 1.54 bits per heavy atom. The summed E-state index contributed by atoms with van der Waals surface area (Å²) in [5.41, 5.74) is 9.44. The van der Waals surface area contributed by atoms with E-state index < -0.39 is 0 Å². The minimum Gasteiger partial charge on any atom is -0.456 e. The van der Waals surface area contributed by atoms with Crippen LogP contribution in [0.5, 0.6) is 11.5 Å². The van der Waals surface area contributed by atoms with Gasteiger partial charge in [-0.15, -0.1) is 0 Å². The largest absolute Gasteiger partial charge is 0.456 e. The highest BCUT2D eigenvalue weighted by molar-refractivity contribution is 6.28. The molecule has 0 unspecified atom stereocenters. The van der Waals surface area contributed by atoms with E-state index in [1.807, 2.05) is 24.3 Å². The summed E-state index contributed by atoms with van der Waals surface area (Å²) in [4.78, 5) is 4.61. The first kappa shape index (κ1) is 32.1. The lowest BCUT2D eigenvalue weighted by Gasteiger charge is -2.30. The van der Waals surface area contributed by atoms with Gasteiger partial charge in [-0.2, -0.15) is 0 Å². The number of ether oxygens (including phenoxy) is 1. The van der Waals surface area contributed by atoms with E-state index in [0.29, 0.717) is 0 Å². The molecule has 0 atom stereocenters. The van der Waals surface area contributed by atoms with Crippen LogP contribution in [0.1, 0.15) is 0 Å². The Morgan fingerprint density at radius 1 is 0.305 bits per heavy atom. The number of fused-ring (bicyclic) bond motifs is 6. The van der Waals surface area contributed by atoms with Crippen molar-refractivity contribution in [3.8, 4) is 11.5 Å². The summed E-state index contributed by atoms with van der Waals surface area (Å²) in [6.07, 6.45) is 0. The smallest absolute Gasteiger partial charge is 0.159 e. The summed E-state index contributed by atoms with van der Waals surface area (Å²) >= 11 is 0. The van der Waals surface area contributed by atoms with Gasteiger partial charge >= 0.3 is 0 Å². The Hall–Kier alpha value is -8.02. The summed E-state index contributed by atoms with van der Waals surface area (Å²) in [7, 11) is 0. The van der Waals surface area contributed by atoms with E-state index in [1.54, 1.807) is 0 Å². The molecule has 12 aromatic rings. The highest BCUT2D eigenvalue weighted by atomic mass is 16.5. The SMILES string of the molecule is c1ccc(N(c2cc3c4c(ccc5ccc6c(N(c7ccccc7)c7cccc8c7oc7ccccc78)ccc(c6c54)O3)c2)c2cccc3c2oc2ccccc23)cc1. The minimum atomic E-state index is 0.820. The molecule has 0 aliphatic carbocycles. The molecule has 3 heterocycles. The van der Waals surface area contributed by atoms with E-state index >= 15 is 0 Å². The lowest BCUT2D eigenvalue weighted by atomic mass is 9.92. The van der Waals surface area contributed by atoms with Gasteiger partial charge in [0.25, 0.3) is 0 Å². The Bertz CT molecular complexity index is 3660. The number of rotatable bonds is 6. The van der Waals surface area contributed by atoms with Crippen molar-refractivity contribution < 1.29 is 13.6 Å². The molecule has 2 aromatic heterocycles. The normalized spacial score (nSPS) is 12.2. The zero-order valence-electron chi connectivity index (χ0n) is 31.6. The van der Waals surface area contributed by atoms with Gasteiger partial charge in [0.05, 0.1) is 22.7 Å². The van der Waals surface area contributed by atoms with Crippen molar-refractivity contribution in [1.29, 1.82) is 0 Å². The second-order valence-corrected chi connectivity index (χ2v) is 15.2. The number of para-hydroxylation sites is 6. The molecular weight excluding hydrogens is 725 g/mol. The van der Waals surface area contributed by atoms with Crippen molar-refractivity contribution in [2.45, 2.75) is 0 Å². The second kappa shape index (κ2) is 12.2. The Kier molecular flexibility index (Phi) is 6.66. The van der Waals surface area contributed by atoms with Crippen LogP contribution in [0, 0.1) is 0 Å². The number of hydrogen-bond donors (Lipinski definition) is 0. The summed E-state index contributed by atoms with van der Waals surface area (Å²) in [5, 5.41) is 11.1. The minimum absolute atomic E-state index is 0.820. The van der Waals surface area contributed by atoms with E-state index in [9.17, 15) is 0 Å². The van der Waals surface area contributed by atoms with Gasteiger partial charge in [0.1, 0.15) is 22.7 Å². The molecule has 1 aliphatic rings. The molecule has 0 fully saturated rings. The third-order valence-electron chi connectivity index (χ3n) is 12.0. The summed E-state index contributed by atoms with van der Waals surface area (Å²) in [6, 6.07) is 68.1. The van der Waals surface area contributed by atoms with Crippen molar-refractivity contribution in [3.63, 3.8) is 0 Å². The summed E-state index contributed by atoms with van der Waals surface area (Å²) < 4.78 is 20.3. The predicted octanol–water partition coefficient (Wildman–Crippen LogP) is 16.0. The van der Waals surface area contributed by atoms with Crippen LogP contribution < -0.4 is 14.5 Å². The molecule has 0 N–H and O–H groups in total. The number of hydrogen-bond acceptors (Lipinski definition) is 5. The zero-order valence-corrected chi connectivity index (χ0v) is 31.6. The fraction of sp³-hybridized carbons (Fsp3) is 0. The van der Waals surface area contributed by atoms with Gasteiger partial charge in [0.15, 0.2) is 11.2 Å². The van der Waals surface area contributed by atoms with Gasteiger partial charge in [-0.05, 0) is 77.5 Å². The lowest BCUT2D eigenvalue weighted by molar-refractivity contribution is 0.493. The first-order chi connectivity index (χ1) is 29.3. The van der Waals surface area contributed by atoms with Gasteiger partial charge in [-0.3, -0.25) is 0 Å². The molecule has 0 saturated heterocycles. The molecular formula is C54H32N2O3. The molecule has 0 amide bonds. The Balaban J connectivity index is 1.05. The van der Waals surface area contributed by atoms with E-state index in [-0.39, 0.29) is 0 Å². The van der Waals surface area contributed by atoms with Gasteiger partial charge in [-0.1, -0.05) is 121 Å².